The van der Waals surface area contributed by atoms with Gasteiger partial charge >= 0.3 is 5.69 Å². The van der Waals surface area contributed by atoms with Crippen LogP contribution in [0.25, 0.3) is 22.0 Å². The molecule has 2 aromatic heterocycles. The van der Waals surface area contributed by atoms with Crippen molar-refractivity contribution in [3.05, 3.63) is 63.8 Å². The fourth-order valence-electron chi connectivity index (χ4n) is 2.96. The van der Waals surface area contributed by atoms with Gasteiger partial charge in [-0.15, -0.1) is 0 Å². The minimum Gasteiger partial charge on any atom is -0.464 e. The molecule has 0 atom stereocenters. The fraction of sp³-hybridized carbons (Fsp3) is 0.158. The molecule has 0 unspecified atom stereocenters. The van der Waals surface area contributed by atoms with E-state index in [0.29, 0.717) is 16.7 Å². The third-order valence-corrected chi connectivity index (χ3v) is 4.42. The molecule has 1 amide bonds. The largest absolute Gasteiger partial charge is 0.464 e. The van der Waals surface area contributed by atoms with Crippen molar-refractivity contribution < 1.29 is 9.21 Å². The highest BCUT2D eigenvalue weighted by atomic mass is 16.3. The zero-order chi connectivity index (χ0) is 17.6. The Morgan fingerprint density at radius 2 is 1.84 bits per heavy atom. The number of hydrogen-bond donors (Lipinski definition) is 3. The number of hydrogen-bond acceptors (Lipinski definition) is 3. The Kier molecular flexibility index (Phi) is 3.46. The van der Waals surface area contributed by atoms with Gasteiger partial charge in [-0.05, 0) is 55.3 Å². The molecule has 0 saturated heterocycles. The number of nitrogens with one attached hydrogen (secondary N) is 3. The van der Waals surface area contributed by atoms with Gasteiger partial charge in [-0.2, -0.15) is 0 Å². The van der Waals surface area contributed by atoms with Gasteiger partial charge in [0.1, 0.15) is 5.58 Å². The van der Waals surface area contributed by atoms with Crippen LogP contribution in [0.5, 0.6) is 0 Å². The van der Waals surface area contributed by atoms with Gasteiger partial charge in [0.2, 0.25) is 5.91 Å². The first-order valence-electron chi connectivity index (χ1n) is 7.99. The molecule has 0 fully saturated rings. The number of aromatic nitrogens is 2. The number of benzene rings is 2. The van der Waals surface area contributed by atoms with Crippen LogP contribution in [0, 0.1) is 13.8 Å². The number of fused-ring (bicyclic) bond motifs is 2. The highest BCUT2D eigenvalue weighted by molar-refractivity contribution is 5.96. The molecule has 6 nitrogen and oxygen atoms in total. The summed E-state index contributed by atoms with van der Waals surface area (Å²) in [6, 6.07) is 9.27. The Balaban J connectivity index is 1.57. The number of imidazole rings is 1. The van der Waals surface area contributed by atoms with E-state index in [0.717, 1.165) is 27.7 Å². The summed E-state index contributed by atoms with van der Waals surface area (Å²) in [6.45, 7) is 4.07. The van der Waals surface area contributed by atoms with Gasteiger partial charge in [0, 0.05) is 16.6 Å². The monoisotopic (exact) mass is 335 g/mol. The van der Waals surface area contributed by atoms with E-state index in [1.54, 1.807) is 24.5 Å². The molecular weight excluding hydrogens is 318 g/mol. The van der Waals surface area contributed by atoms with Crippen molar-refractivity contribution in [2.24, 2.45) is 0 Å². The normalized spacial score (nSPS) is 11.3. The predicted octanol–water partition coefficient (Wildman–Crippen LogP) is 3.40. The van der Waals surface area contributed by atoms with Gasteiger partial charge in [-0.25, -0.2) is 4.79 Å². The second-order valence-corrected chi connectivity index (χ2v) is 6.26. The molecule has 126 valence electrons. The highest BCUT2D eigenvalue weighted by Gasteiger charge is 2.12. The van der Waals surface area contributed by atoms with Crippen LogP contribution in [-0.4, -0.2) is 15.9 Å². The lowest BCUT2D eigenvalue weighted by atomic mass is 10.0. The molecule has 0 saturated carbocycles. The smallest absolute Gasteiger partial charge is 0.323 e. The molecule has 0 aliphatic rings. The number of anilines is 1. The molecule has 3 N–H and O–H groups in total. The predicted molar refractivity (Wildman–Crippen MR) is 96.9 cm³/mol. The van der Waals surface area contributed by atoms with E-state index in [1.807, 2.05) is 26.0 Å². The number of carbonyl (C=O) groups excluding carboxylic acids is 1. The van der Waals surface area contributed by atoms with E-state index in [2.05, 4.69) is 15.3 Å². The van der Waals surface area contributed by atoms with Gasteiger partial charge < -0.3 is 19.7 Å². The second kappa shape index (κ2) is 5.66. The van der Waals surface area contributed by atoms with Gasteiger partial charge in [-0.1, -0.05) is 0 Å². The summed E-state index contributed by atoms with van der Waals surface area (Å²) < 4.78 is 5.57. The van der Waals surface area contributed by atoms with Crippen LogP contribution in [0.2, 0.25) is 0 Å². The Morgan fingerprint density at radius 3 is 2.68 bits per heavy atom. The first kappa shape index (κ1) is 15.3. The molecule has 25 heavy (non-hydrogen) atoms. The molecule has 4 aromatic rings. The summed E-state index contributed by atoms with van der Waals surface area (Å²) in [5.74, 6) is -0.141. The van der Waals surface area contributed by atoms with Crippen LogP contribution < -0.4 is 11.0 Å². The minimum absolute atomic E-state index is 0.141. The number of amides is 1. The third kappa shape index (κ3) is 2.82. The van der Waals surface area contributed by atoms with Crippen LogP contribution in [-0.2, 0) is 11.2 Å². The zero-order valence-electron chi connectivity index (χ0n) is 13.9. The first-order valence-corrected chi connectivity index (χ1v) is 7.99. The Labute approximate surface area is 142 Å². The van der Waals surface area contributed by atoms with Crippen molar-refractivity contribution in [1.29, 1.82) is 0 Å². The van der Waals surface area contributed by atoms with Crippen LogP contribution >= 0.6 is 0 Å². The molecule has 2 heterocycles. The van der Waals surface area contributed by atoms with Crippen molar-refractivity contribution in [3.63, 3.8) is 0 Å². The van der Waals surface area contributed by atoms with Crippen molar-refractivity contribution in [1.82, 2.24) is 9.97 Å². The number of aryl methyl sites for hydroxylation is 2. The molecule has 6 heteroatoms. The number of carbonyl (C=O) groups is 1. The lowest BCUT2D eigenvalue weighted by molar-refractivity contribution is -0.115. The quantitative estimate of drug-likeness (QED) is 0.536. The molecule has 0 bridgehead atoms. The number of H-pyrrole nitrogens is 2. The topological polar surface area (TPSA) is 90.9 Å². The average Bonchev–Trinajstić information content (AvgIpc) is 3.10. The van der Waals surface area contributed by atoms with Gasteiger partial charge in [0.05, 0.1) is 23.7 Å². The van der Waals surface area contributed by atoms with Gasteiger partial charge in [-0.3, -0.25) is 4.79 Å². The van der Waals surface area contributed by atoms with E-state index >= 15 is 0 Å². The Hall–Kier alpha value is -3.28. The second-order valence-electron chi connectivity index (χ2n) is 6.26. The lowest BCUT2D eigenvalue weighted by Gasteiger charge is -2.05. The van der Waals surface area contributed by atoms with Crippen molar-refractivity contribution in [2.75, 3.05) is 5.32 Å². The summed E-state index contributed by atoms with van der Waals surface area (Å²) >= 11 is 0. The molecular formula is C19H17N3O3. The molecule has 4 rings (SSSR count). The molecule has 0 radical (unpaired) electrons. The molecule has 0 spiro atoms. The lowest BCUT2D eigenvalue weighted by Crippen LogP contribution is -2.14. The van der Waals surface area contributed by atoms with E-state index < -0.39 is 0 Å². The molecule has 0 aliphatic carbocycles. The number of furan rings is 1. The van der Waals surface area contributed by atoms with E-state index in [1.165, 1.54) is 0 Å². The van der Waals surface area contributed by atoms with Crippen LogP contribution in [0.15, 0.2) is 45.8 Å². The van der Waals surface area contributed by atoms with Crippen LogP contribution in [0.3, 0.4) is 0 Å². The number of rotatable bonds is 3. The van der Waals surface area contributed by atoms with Crippen molar-refractivity contribution in [3.8, 4) is 0 Å². The maximum Gasteiger partial charge on any atom is 0.323 e. The third-order valence-electron chi connectivity index (χ3n) is 4.42. The molecule has 0 aliphatic heterocycles. The average molecular weight is 335 g/mol. The highest BCUT2D eigenvalue weighted by Crippen LogP contribution is 2.25. The van der Waals surface area contributed by atoms with E-state index in [4.69, 9.17) is 4.42 Å². The number of aromatic amines is 2. The van der Waals surface area contributed by atoms with Crippen molar-refractivity contribution in [2.45, 2.75) is 20.3 Å². The summed E-state index contributed by atoms with van der Waals surface area (Å²) in [6.07, 6.45) is 1.85. The first-order chi connectivity index (χ1) is 12.0. The SMILES string of the molecule is Cc1cc2occ(CC(=O)Nc3ccc4[nH]c(=O)[nH]c4c3)c2cc1C. The van der Waals surface area contributed by atoms with E-state index in [-0.39, 0.29) is 18.0 Å². The Bertz CT molecular complexity index is 1160. The molecule has 2 aromatic carbocycles. The van der Waals surface area contributed by atoms with Crippen LogP contribution in [0.4, 0.5) is 5.69 Å². The van der Waals surface area contributed by atoms with Crippen LogP contribution in [0.1, 0.15) is 16.7 Å². The van der Waals surface area contributed by atoms with Crippen molar-refractivity contribution >= 4 is 33.6 Å². The fourth-order valence-corrected chi connectivity index (χ4v) is 2.96. The standard InChI is InChI=1S/C19H17N3O3/c1-10-5-14-12(9-25-17(14)6-11(10)2)7-18(23)20-13-3-4-15-16(8-13)22-19(24)21-15/h3-6,8-9H,7H2,1-2H3,(H,20,23)(H2,21,22,24). The van der Waals surface area contributed by atoms with Gasteiger partial charge in [0.15, 0.2) is 0 Å². The summed E-state index contributed by atoms with van der Waals surface area (Å²) in [7, 11) is 0. The summed E-state index contributed by atoms with van der Waals surface area (Å²) in [5, 5.41) is 3.82. The maximum absolute atomic E-state index is 12.4. The summed E-state index contributed by atoms with van der Waals surface area (Å²) in [5.41, 5.74) is 5.69. The van der Waals surface area contributed by atoms with E-state index in [9.17, 15) is 9.59 Å². The maximum atomic E-state index is 12.4. The van der Waals surface area contributed by atoms with Gasteiger partial charge in [0.25, 0.3) is 0 Å². The zero-order valence-corrected chi connectivity index (χ0v) is 13.9. The minimum atomic E-state index is -0.269. The Morgan fingerprint density at radius 1 is 1.08 bits per heavy atom. The summed E-state index contributed by atoms with van der Waals surface area (Å²) in [4.78, 5) is 29.0.